The number of phenols is 1. The lowest BCUT2D eigenvalue weighted by Crippen LogP contribution is -2.43. The van der Waals surface area contributed by atoms with Crippen LogP contribution in [0.15, 0.2) is 35.7 Å². The van der Waals surface area contributed by atoms with Gasteiger partial charge in [-0.25, -0.2) is 9.47 Å². The van der Waals surface area contributed by atoms with Gasteiger partial charge < -0.3 is 21.0 Å². The number of aromatic hydroxyl groups is 1. The molecule has 0 aliphatic carbocycles. The topological polar surface area (TPSA) is 132 Å². The van der Waals surface area contributed by atoms with Crippen molar-refractivity contribution in [3.05, 3.63) is 36.2 Å². The second-order valence-corrected chi connectivity index (χ2v) is 5.77. The lowest BCUT2D eigenvalue weighted by Gasteiger charge is -2.16. The summed E-state index contributed by atoms with van der Waals surface area (Å²) in [6, 6.07) is 5.53. The van der Waals surface area contributed by atoms with Crippen molar-refractivity contribution < 1.29 is 19.4 Å². The maximum atomic E-state index is 12.0. The first-order valence-corrected chi connectivity index (χ1v) is 7.91. The molecule has 0 saturated heterocycles. The number of nitrogen functional groups attached to an aromatic ring is 1. The summed E-state index contributed by atoms with van der Waals surface area (Å²) in [7, 11) is 1.25. The molecule has 0 radical (unpaired) electrons. The van der Waals surface area contributed by atoms with Gasteiger partial charge in [0.2, 0.25) is 11.1 Å². The van der Waals surface area contributed by atoms with E-state index < -0.39 is 12.0 Å². The molecular weight excluding hydrogens is 334 g/mol. The van der Waals surface area contributed by atoms with E-state index >= 15 is 0 Å². The Kier molecular flexibility index (Phi) is 6.01. The number of benzene rings is 1. The van der Waals surface area contributed by atoms with Crippen molar-refractivity contribution in [2.24, 2.45) is 0 Å². The van der Waals surface area contributed by atoms with Crippen LogP contribution in [0, 0.1) is 0 Å². The smallest absolute Gasteiger partial charge is 0.328 e. The van der Waals surface area contributed by atoms with Gasteiger partial charge in [0.05, 0.1) is 12.9 Å². The normalized spacial score (nSPS) is 11.7. The van der Waals surface area contributed by atoms with E-state index in [1.54, 1.807) is 12.1 Å². The van der Waals surface area contributed by atoms with Gasteiger partial charge in [0, 0.05) is 6.42 Å². The Morgan fingerprint density at radius 1 is 1.42 bits per heavy atom. The maximum absolute atomic E-state index is 12.0. The number of nitrogens with zero attached hydrogens (tertiary/aromatic N) is 3. The highest BCUT2D eigenvalue weighted by molar-refractivity contribution is 7.99. The molecule has 2 aromatic rings. The molecule has 0 saturated carbocycles. The molecule has 0 spiro atoms. The summed E-state index contributed by atoms with van der Waals surface area (Å²) in [6.45, 7) is 0. The van der Waals surface area contributed by atoms with Gasteiger partial charge in [-0.05, 0) is 17.7 Å². The summed E-state index contributed by atoms with van der Waals surface area (Å²) in [5.74, 6) is 4.79. The minimum Gasteiger partial charge on any atom is -0.508 e. The molecule has 0 aliphatic heterocycles. The fraction of sp³-hybridized carbons (Fsp3) is 0.286. The predicted molar refractivity (Wildman–Crippen MR) is 86.7 cm³/mol. The summed E-state index contributed by atoms with van der Waals surface area (Å²) in [5, 5.41) is 19.6. The van der Waals surface area contributed by atoms with Gasteiger partial charge >= 0.3 is 5.97 Å². The first kappa shape index (κ1) is 17.6. The van der Waals surface area contributed by atoms with Crippen LogP contribution in [0.25, 0.3) is 0 Å². The molecule has 2 rings (SSSR count). The molecule has 0 unspecified atom stereocenters. The maximum Gasteiger partial charge on any atom is 0.328 e. The van der Waals surface area contributed by atoms with Crippen LogP contribution in [-0.4, -0.2) is 50.8 Å². The second-order valence-electron chi connectivity index (χ2n) is 4.82. The number of nitrogens with one attached hydrogen (secondary N) is 1. The van der Waals surface area contributed by atoms with Crippen molar-refractivity contribution in [1.29, 1.82) is 0 Å². The third-order valence-corrected chi connectivity index (χ3v) is 4.03. The standard InChI is InChI=1S/C14H17N5O4S/c1-23-13(22)11(6-9-2-4-10(20)5-3-9)17-12(21)7-24-14-18-16-8-19(14)15/h2-5,8,11,20H,6-7,15H2,1H3,(H,17,21)/t11-/m0/s1. The number of nitrogens with two attached hydrogens (primary N) is 1. The fourth-order valence-electron chi connectivity index (χ4n) is 1.90. The Labute approximate surface area is 142 Å². The van der Waals surface area contributed by atoms with Crippen molar-refractivity contribution in [1.82, 2.24) is 20.2 Å². The van der Waals surface area contributed by atoms with E-state index in [4.69, 9.17) is 10.6 Å². The number of rotatable bonds is 7. The Hall–Kier alpha value is -2.75. The zero-order valence-electron chi connectivity index (χ0n) is 12.9. The van der Waals surface area contributed by atoms with Gasteiger partial charge in [-0.2, -0.15) is 0 Å². The molecule has 24 heavy (non-hydrogen) atoms. The number of thioether (sulfide) groups is 1. The van der Waals surface area contributed by atoms with Crippen LogP contribution in [0.3, 0.4) is 0 Å². The van der Waals surface area contributed by atoms with Crippen LogP contribution >= 0.6 is 11.8 Å². The third-order valence-electron chi connectivity index (χ3n) is 3.07. The molecule has 1 aromatic heterocycles. The minimum absolute atomic E-state index is 0.0268. The van der Waals surface area contributed by atoms with Crippen molar-refractivity contribution in [3.8, 4) is 5.75 Å². The Morgan fingerprint density at radius 3 is 2.71 bits per heavy atom. The Balaban J connectivity index is 1.95. The van der Waals surface area contributed by atoms with E-state index in [-0.39, 0.29) is 23.8 Å². The summed E-state index contributed by atoms with van der Waals surface area (Å²) in [4.78, 5) is 23.9. The number of ether oxygens (including phenoxy) is 1. The molecule has 128 valence electrons. The number of methoxy groups -OCH3 is 1. The first-order valence-electron chi connectivity index (χ1n) is 6.92. The molecular formula is C14H17N5O4S. The van der Waals surface area contributed by atoms with Gasteiger partial charge in [-0.1, -0.05) is 23.9 Å². The molecule has 0 bridgehead atoms. The molecule has 1 atom stereocenters. The van der Waals surface area contributed by atoms with E-state index in [0.717, 1.165) is 17.3 Å². The van der Waals surface area contributed by atoms with Crippen LogP contribution in [-0.2, 0) is 20.7 Å². The van der Waals surface area contributed by atoms with Crippen LogP contribution in [0.1, 0.15) is 5.56 Å². The molecule has 1 aromatic carbocycles. The van der Waals surface area contributed by atoms with E-state index in [1.165, 1.54) is 30.2 Å². The Bertz CT molecular complexity index is 703. The van der Waals surface area contributed by atoms with Gasteiger partial charge in [0.1, 0.15) is 18.1 Å². The number of aromatic nitrogens is 3. The average molecular weight is 351 g/mol. The fourth-order valence-corrected chi connectivity index (χ4v) is 2.55. The van der Waals surface area contributed by atoms with Gasteiger partial charge in [0.15, 0.2) is 0 Å². The number of hydrogen-bond donors (Lipinski definition) is 3. The lowest BCUT2D eigenvalue weighted by molar-refractivity contribution is -0.144. The largest absolute Gasteiger partial charge is 0.508 e. The molecule has 0 aliphatic rings. The van der Waals surface area contributed by atoms with Crippen LogP contribution in [0.5, 0.6) is 5.75 Å². The lowest BCUT2D eigenvalue weighted by atomic mass is 10.1. The van der Waals surface area contributed by atoms with Crippen molar-refractivity contribution in [2.75, 3.05) is 18.7 Å². The van der Waals surface area contributed by atoms with Crippen molar-refractivity contribution >= 4 is 23.6 Å². The van der Waals surface area contributed by atoms with Crippen molar-refractivity contribution in [2.45, 2.75) is 17.6 Å². The number of carbonyl (C=O) groups is 2. The molecule has 1 heterocycles. The van der Waals surface area contributed by atoms with E-state index in [1.807, 2.05) is 0 Å². The number of hydrogen-bond acceptors (Lipinski definition) is 8. The quantitative estimate of drug-likeness (QED) is 0.351. The third kappa shape index (κ3) is 4.88. The monoisotopic (exact) mass is 351 g/mol. The van der Waals surface area contributed by atoms with E-state index in [2.05, 4.69) is 15.5 Å². The zero-order chi connectivity index (χ0) is 17.5. The minimum atomic E-state index is -0.830. The summed E-state index contributed by atoms with van der Waals surface area (Å²) >= 11 is 1.10. The van der Waals surface area contributed by atoms with Crippen molar-refractivity contribution in [3.63, 3.8) is 0 Å². The predicted octanol–water partition coefficient (Wildman–Crippen LogP) is -0.310. The summed E-state index contributed by atoms with van der Waals surface area (Å²) in [6.07, 6.45) is 1.57. The number of carbonyl (C=O) groups excluding carboxylic acids is 2. The highest BCUT2D eigenvalue weighted by atomic mass is 32.2. The molecule has 0 fully saturated rings. The highest BCUT2D eigenvalue weighted by Gasteiger charge is 2.22. The highest BCUT2D eigenvalue weighted by Crippen LogP contribution is 2.13. The molecule has 4 N–H and O–H groups in total. The summed E-state index contributed by atoms with van der Waals surface area (Å²) in [5.41, 5.74) is 0.776. The van der Waals surface area contributed by atoms with Gasteiger partial charge in [0.25, 0.3) is 0 Å². The number of phenolic OH excluding ortho intramolecular Hbond substituents is 1. The van der Waals surface area contributed by atoms with Crippen LogP contribution in [0.2, 0.25) is 0 Å². The summed E-state index contributed by atoms with van der Waals surface area (Å²) < 4.78 is 5.92. The Morgan fingerprint density at radius 2 is 2.12 bits per heavy atom. The van der Waals surface area contributed by atoms with E-state index in [9.17, 15) is 14.7 Å². The van der Waals surface area contributed by atoms with Crippen LogP contribution in [0.4, 0.5) is 0 Å². The van der Waals surface area contributed by atoms with E-state index in [0.29, 0.717) is 5.16 Å². The first-order chi connectivity index (χ1) is 11.5. The molecule has 10 heteroatoms. The number of amides is 1. The van der Waals surface area contributed by atoms with Gasteiger partial charge in [-0.3, -0.25) is 4.79 Å². The average Bonchev–Trinajstić information content (AvgIpc) is 2.98. The molecule has 1 amide bonds. The number of esters is 1. The van der Waals surface area contributed by atoms with Crippen LogP contribution < -0.4 is 11.2 Å². The second kappa shape index (κ2) is 8.20. The zero-order valence-corrected chi connectivity index (χ0v) is 13.7. The SMILES string of the molecule is COC(=O)[C@H](Cc1ccc(O)cc1)NC(=O)CSc1nncn1N. The van der Waals surface area contributed by atoms with Gasteiger partial charge in [-0.15, -0.1) is 10.2 Å². The molecule has 9 nitrogen and oxygen atoms in total.